The lowest BCUT2D eigenvalue weighted by molar-refractivity contribution is -0.146. The van der Waals surface area contributed by atoms with Crippen molar-refractivity contribution in [3.8, 4) is 0 Å². The lowest BCUT2D eigenvalue weighted by Crippen LogP contribution is -2.36. The number of anilines is 1. The molecular formula is C16H15F2NO5S. The molecule has 1 aromatic rings. The molecule has 0 aromatic heterocycles. The minimum atomic E-state index is -4.70. The van der Waals surface area contributed by atoms with E-state index in [4.69, 9.17) is 0 Å². The van der Waals surface area contributed by atoms with E-state index < -0.39 is 44.2 Å². The van der Waals surface area contributed by atoms with Crippen LogP contribution in [-0.4, -0.2) is 31.2 Å². The van der Waals surface area contributed by atoms with Crippen molar-refractivity contribution >= 4 is 27.4 Å². The molecule has 2 aliphatic carbocycles. The number of sulfone groups is 1. The third-order valence-electron chi connectivity index (χ3n) is 4.73. The van der Waals surface area contributed by atoms with Gasteiger partial charge in [-0.3, -0.25) is 9.59 Å². The number of amides is 1. The Balaban J connectivity index is 1.76. The Hall–Kier alpha value is -2.29. The Kier molecular flexibility index (Phi) is 4.36. The number of rotatable bonds is 5. The molecule has 25 heavy (non-hydrogen) atoms. The SMILES string of the molecule is O=C(O)[C@@H]1[C@H](C(=O)Nc2ccc(S(=O)(=O)C(F)F)cc2)[C@H]2C=C[C@H]1C2. The van der Waals surface area contributed by atoms with E-state index in [0.29, 0.717) is 6.42 Å². The quantitative estimate of drug-likeness (QED) is 0.773. The molecular weight excluding hydrogens is 356 g/mol. The van der Waals surface area contributed by atoms with Gasteiger partial charge in [0.25, 0.3) is 0 Å². The lowest BCUT2D eigenvalue weighted by atomic mass is 9.82. The molecule has 0 unspecified atom stereocenters. The average molecular weight is 371 g/mol. The van der Waals surface area contributed by atoms with Gasteiger partial charge in [0.15, 0.2) is 0 Å². The zero-order valence-corrected chi connectivity index (χ0v) is 13.6. The van der Waals surface area contributed by atoms with Gasteiger partial charge in [-0.15, -0.1) is 0 Å². The Morgan fingerprint density at radius 2 is 1.64 bits per heavy atom. The molecule has 1 amide bonds. The van der Waals surface area contributed by atoms with E-state index in [1.807, 2.05) is 12.2 Å². The number of fused-ring (bicyclic) bond motifs is 2. The van der Waals surface area contributed by atoms with Crippen molar-refractivity contribution < 1.29 is 31.9 Å². The van der Waals surface area contributed by atoms with Crippen molar-refractivity contribution in [1.29, 1.82) is 0 Å². The molecule has 134 valence electrons. The molecule has 0 radical (unpaired) electrons. The Morgan fingerprint density at radius 3 is 2.16 bits per heavy atom. The van der Waals surface area contributed by atoms with Gasteiger partial charge >= 0.3 is 11.7 Å². The van der Waals surface area contributed by atoms with E-state index in [9.17, 15) is 31.9 Å². The number of allylic oxidation sites excluding steroid dienone is 2. The summed E-state index contributed by atoms with van der Waals surface area (Å²) >= 11 is 0. The second-order valence-corrected chi connectivity index (χ2v) is 8.08. The molecule has 4 atom stereocenters. The van der Waals surface area contributed by atoms with Gasteiger partial charge in [0.05, 0.1) is 16.7 Å². The molecule has 0 heterocycles. The van der Waals surface area contributed by atoms with E-state index in [-0.39, 0.29) is 17.5 Å². The van der Waals surface area contributed by atoms with Crippen molar-refractivity contribution in [3.63, 3.8) is 0 Å². The molecule has 3 rings (SSSR count). The average Bonchev–Trinajstić information content (AvgIpc) is 3.16. The van der Waals surface area contributed by atoms with Crippen molar-refractivity contribution in [3.05, 3.63) is 36.4 Å². The summed E-state index contributed by atoms with van der Waals surface area (Å²) in [7, 11) is -4.70. The molecule has 1 aromatic carbocycles. The van der Waals surface area contributed by atoms with E-state index in [2.05, 4.69) is 5.32 Å². The summed E-state index contributed by atoms with van der Waals surface area (Å²) in [5.41, 5.74) is 0.217. The molecule has 2 N–H and O–H groups in total. The highest BCUT2D eigenvalue weighted by Crippen LogP contribution is 2.48. The number of carbonyl (C=O) groups excluding carboxylic acids is 1. The zero-order chi connectivity index (χ0) is 18.4. The van der Waals surface area contributed by atoms with Crippen LogP contribution in [-0.2, 0) is 19.4 Å². The number of aliphatic carboxylic acids is 1. The molecule has 0 aliphatic heterocycles. The monoisotopic (exact) mass is 371 g/mol. The predicted octanol–water partition coefficient (Wildman–Crippen LogP) is 2.14. The first-order valence-corrected chi connectivity index (χ1v) is 9.10. The van der Waals surface area contributed by atoms with Crippen LogP contribution < -0.4 is 5.32 Å². The maximum atomic E-state index is 12.5. The topological polar surface area (TPSA) is 101 Å². The molecule has 2 bridgehead atoms. The second-order valence-electron chi connectivity index (χ2n) is 6.16. The van der Waals surface area contributed by atoms with Crippen LogP contribution in [0.2, 0.25) is 0 Å². The van der Waals surface area contributed by atoms with Gasteiger partial charge in [0.1, 0.15) is 0 Å². The van der Waals surface area contributed by atoms with E-state index in [0.717, 1.165) is 12.1 Å². The summed E-state index contributed by atoms with van der Waals surface area (Å²) in [5.74, 6) is -6.86. The number of carbonyl (C=O) groups is 2. The summed E-state index contributed by atoms with van der Waals surface area (Å²) < 4.78 is 47.7. The number of benzene rings is 1. The minimum absolute atomic E-state index is 0.149. The third-order valence-corrected chi connectivity index (χ3v) is 6.13. The normalized spacial score (nSPS) is 27.6. The van der Waals surface area contributed by atoms with Crippen LogP contribution in [0.4, 0.5) is 14.5 Å². The number of nitrogens with one attached hydrogen (secondary N) is 1. The molecule has 0 spiro atoms. The zero-order valence-electron chi connectivity index (χ0n) is 12.8. The number of alkyl halides is 2. The second kappa shape index (κ2) is 6.21. The number of hydrogen-bond donors (Lipinski definition) is 2. The fourth-order valence-electron chi connectivity index (χ4n) is 3.57. The summed E-state index contributed by atoms with van der Waals surface area (Å²) in [4.78, 5) is 23.3. The first-order chi connectivity index (χ1) is 11.7. The van der Waals surface area contributed by atoms with Gasteiger partial charge in [-0.1, -0.05) is 12.2 Å². The number of carboxylic acids is 1. The molecule has 2 aliphatic rings. The van der Waals surface area contributed by atoms with Crippen molar-refractivity contribution in [2.24, 2.45) is 23.7 Å². The highest BCUT2D eigenvalue weighted by Gasteiger charge is 2.51. The minimum Gasteiger partial charge on any atom is -0.481 e. The Labute approximate surface area is 142 Å². The van der Waals surface area contributed by atoms with E-state index >= 15 is 0 Å². The van der Waals surface area contributed by atoms with Crippen molar-refractivity contribution in [2.45, 2.75) is 17.1 Å². The van der Waals surface area contributed by atoms with Gasteiger partial charge in [0, 0.05) is 5.69 Å². The molecule has 1 fully saturated rings. The van der Waals surface area contributed by atoms with Crippen LogP contribution in [0.5, 0.6) is 0 Å². The summed E-state index contributed by atoms with van der Waals surface area (Å²) in [6.07, 6.45) is 4.27. The van der Waals surface area contributed by atoms with Crippen LogP contribution in [0, 0.1) is 23.7 Å². The van der Waals surface area contributed by atoms with Crippen LogP contribution in [0.15, 0.2) is 41.3 Å². The fraction of sp³-hybridized carbons (Fsp3) is 0.375. The lowest BCUT2D eigenvalue weighted by Gasteiger charge is -2.23. The van der Waals surface area contributed by atoms with E-state index in [1.165, 1.54) is 12.1 Å². The van der Waals surface area contributed by atoms with E-state index in [1.54, 1.807) is 0 Å². The van der Waals surface area contributed by atoms with Gasteiger partial charge < -0.3 is 10.4 Å². The summed E-state index contributed by atoms with van der Waals surface area (Å²) in [5, 5.41) is 11.9. The fourth-order valence-corrected chi connectivity index (χ4v) is 4.29. The molecule has 1 saturated carbocycles. The Morgan fingerprint density at radius 1 is 1.08 bits per heavy atom. The van der Waals surface area contributed by atoms with Crippen LogP contribution in [0.25, 0.3) is 0 Å². The summed E-state index contributed by atoms with van der Waals surface area (Å²) in [6, 6.07) is 4.36. The van der Waals surface area contributed by atoms with Crippen LogP contribution in [0.3, 0.4) is 0 Å². The highest BCUT2D eigenvalue weighted by atomic mass is 32.2. The standard InChI is InChI=1S/C16H15F2NO5S/c17-16(18)25(23,24)11-5-3-10(4-6-11)19-14(20)12-8-1-2-9(7-8)13(12)15(21)22/h1-6,8-9,12-13,16H,7H2,(H,19,20)(H,21,22)/t8-,9-,12+,13-/m0/s1. The third kappa shape index (κ3) is 3.04. The maximum absolute atomic E-state index is 12.5. The van der Waals surface area contributed by atoms with Crippen molar-refractivity contribution in [1.82, 2.24) is 0 Å². The van der Waals surface area contributed by atoms with Gasteiger partial charge in [-0.2, -0.15) is 8.78 Å². The smallest absolute Gasteiger partial charge is 0.341 e. The van der Waals surface area contributed by atoms with Crippen molar-refractivity contribution in [2.75, 3.05) is 5.32 Å². The van der Waals surface area contributed by atoms with Crippen LogP contribution >= 0.6 is 0 Å². The molecule has 0 saturated heterocycles. The summed E-state index contributed by atoms with van der Waals surface area (Å²) in [6.45, 7) is 0. The number of hydrogen-bond acceptors (Lipinski definition) is 4. The van der Waals surface area contributed by atoms with Gasteiger partial charge in [0.2, 0.25) is 15.7 Å². The Bertz CT molecular complexity index is 835. The maximum Gasteiger partial charge on any atom is 0.341 e. The molecule has 9 heteroatoms. The predicted molar refractivity (Wildman–Crippen MR) is 83.6 cm³/mol. The first kappa shape index (κ1) is 17.5. The highest BCUT2D eigenvalue weighted by molar-refractivity contribution is 7.91. The number of carboxylic acid groups (broad SMARTS) is 1. The molecule has 6 nitrogen and oxygen atoms in total. The largest absolute Gasteiger partial charge is 0.481 e. The van der Waals surface area contributed by atoms with Gasteiger partial charge in [-0.05, 0) is 42.5 Å². The van der Waals surface area contributed by atoms with Crippen LogP contribution in [0.1, 0.15) is 6.42 Å². The number of halogens is 2. The van der Waals surface area contributed by atoms with Gasteiger partial charge in [-0.25, -0.2) is 8.42 Å². The first-order valence-electron chi connectivity index (χ1n) is 7.56.